The summed E-state index contributed by atoms with van der Waals surface area (Å²) in [6, 6.07) is 10.3. The fourth-order valence-electron chi connectivity index (χ4n) is 1.44. The van der Waals surface area contributed by atoms with Crippen molar-refractivity contribution in [2.75, 3.05) is 6.26 Å². The predicted molar refractivity (Wildman–Crippen MR) is 73.8 cm³/mol. The second-order valence-electron chi connectivity index (χ2n) is 4.01. The summed E-state index contributed by atoms with van der Waals surface area (Å²) >= 11 is 1.44. The van der Waals surface area contributed by atoms with Crippen LogP contribution >= 0.6 is 11.8 Å². The Labute approximate surface area is 116 Å². The minimum absolute atomic E-state index is 0.0268. The fourth-order valence-corrected chi connectivity index (χ4v) is 2.83. The predicted octanol–water partition coefficient (Wildman–Crippen LogP) is 2.13. The van der Waals surface area contributed by atoms with E-state index in [-0.39, 0.29) is 6.61 Å². The lowest BCUT2D eigenvalue weighted by Crippen LogP contribution is -1.96. The minimum atomic E-state index is -3.15. The van der Waals surface area contributed by atoms with Gasteiger partial charge in [0.25, 0.3) is 0 Å². The summed E-state index contributed by atoms with van der Waals surface area (Å²) in [7, 11) is -3.15. The van der Waals surface area contributed by atoms with E-state index in [2.05, 4.69) is 4.98 Å². The average molecular weight is 295 g/mol. The van der Waals surface area contributed by atoms with E-state index in [1.54, 1.807) is 36.5 Å². The number of nitrogens with zero attached hydrogens (tertiary/aromatic N) is 1. The van der Waals surface area contributed by atoms with Gasteiger partial charge in [0.15, 0.2) is 9.84 Å². The number of aliphatic hydroxyl groups excluding tert-OH is 1. The lowest BCUT2D eigenvalue weighted by molar-refractivity contribution is 0.281. The lowest BCUT2D eigenvalue weighted by atomic mass is 10.3. The summed E-state index contributed by atoms with van der Waals surface area (Å²) in [6.07, 6.45) is 2.80. The van der Waals surface area contributed by atoms with Gasteiger partial charge < -0.3 is 5.11 Å². The molecule has 1 heterocycles. The molecule has 0 bridgehead atoms. The third-order valence-corrected chi connectivity index (χ3v) is 4.54. The zero-order chi connectivity index (χ0) is 13.9. The van der Waals surface area contributed by atoms with Gasteiger partial charge in [-0.05, 0) is 35.9 Å². The maximum Gasteiger partial charge on any atom is 0.175 e. The first-order chi connectivity index (χ1) is 8.99. The second kappa shape index (κ2) is 5.73. The summed E-state index contributed by atoms with van der Waals surface area (Å²) < 4.78 is 22.7. The van der Waals surface area contributed by atoms with Gasteiger partial charge in [-0.15, -0.1) is 0 Å². The van der Waals surface area contributed by atoms with Crippen LogP contribution in [-0.4, -0.2) is 24.8 Å². The molecule has 6 heteroatoms. The van der Waals surface area contributed by atoms with E-state index in [4.69, 9.17) is 5.11 Å². The number of aliphatic hydroxyl groups is 1. The quantitative estimate of drug-likeness (QED) is 0.936. The summed E-state index contributed by atoms with van der Waals surface area (Å²) in [4.78, 5) is 5.42. The SMILES string of the molecule is CS(=O)(=O)c1ccc(Sc2ccc(CO)cn2)cc1. The molecule has 0 atom stereocenters. The first-order valence-corrected chi connectivity index (χ1v) is 8.23. The molecule has 2 aromatic rings. The van der Waals surface area contributed by atoms with Crippen LogP contribution in [0.1, 0.15) is 5.56 Å². The van der Waals surface area contributed by atoms with Gasteiger partial charge in [0, 0.05) is 17.3 Å². The molecule has 0 saturated carbocycles. The standard InChI is InChI=1S/C13H13NO3S2/c1-19(16,17)12-5-3-11(4-6-12)18-13-7-2-10(9-15)8-14-13/h2-8,15H,9H2,1H3. The zero-order valence-electron chi connectivity index (χ0n) is 10.3. The van der Waals surface area contributed by atoms with Crippen molar-refractivity contribution in [2.45, 2.75) is 21.4 Å². The second-order valence-corrected chi connectivity index (χ2v) is 7.12. The average Bonchev–Trinajstić information content (AvgIpc) is 2.39. The smallest absolute Gasteiger partial charge is 0.175 e. The third kappa shape index (κ3) is 3.79. The van der Waals surface area contributed by atoms with Crippen LogP contribution in [0.15, 0.2) is 57.4 Å². The van der Waals surface area contributed by atoms with Crippen LogP contribution in [-0.2, 0) is 16.4 Å². The van der Waals surface area contributed by atoms with Crippen molar-refractivity contribution in [3.63, 3.8) is 0 Å². The Kier molecular flexibility index (Phi) is 4.24. The van der Waals surface area contributed by atoms with Gasteiger partial charge in [-0.25, -0.2) is 13.4 Å². The molecule has 0 aliphatic rings. The zero-order valence-corrected chi connectivity index (χ0v) is 11.9. The molecular weight excluding hydrogens is 282 g/mol. The van der Waals surface area contributed by atoms with Crippen molar-refractivity contribution >= 4 is 21.6 Å². The number of sulfone groups is 1. The Morgan fingerprint density at radius 3 is 2.32 bits per heavy atom. The molecule has 0 aliphatic heterocycles. The van der Waals surface area contributed by atoms with Crippen LogP contribution in [0.25, 0.3) is 0 Å². The van der Waals surface area contributed by atoms with Crippen molar-refractivity contribution in [2.24, 2.45) is 0 Å². The molecule has 1 N–H and O–H groups in total. The first kappa shape index (κ1) is 14.0. The van der Waals surface area contributed by atoms with E-state index in [1.165, 1.54) is 18.0 Å². The lowest BCUT2D eigenvalue weighted by Gasteiger charge is -2.03. The van der Waals surface area contributed by atoms with E-state index in [0.717, 1.165) is 15.5 Å². The summed E-state index contributed by atoms with van der Waals surface area (Å²) in [6.45, 7) is -0.0268. The van der Waals surface area contributed by atoms with Crippen LogP contribution in [0.5, 0.6) is 0 Å². The van der Waals surface area contributed by atoms with Gasteiger partial charge >= 0.3 is 0 Å². The van der Waals surface area contributed by atoms with Crippen LogP contribution in [0.3, 0.4) is 0 Å². The van der Waals surface area contributed by atoms with E-state index in [0.29, 0.717) is 4.90 Å². The number of benzene rings is 1. The topological polar surface area (TPSA) is 67.3 Å². The molecule has 0 amide bonds. The van der Waals surface area contributed by atoms with E-state index < -0.39 is 9.84 Å². The molecule has 0 unspecified atom stereocenters. The van der Waals surface area contributed by atoms with Gasteiger partial charge in [-0.1, -0.05) is 17.8 Å². The molecule has 1 aromatic carbocycles. The molecule has 0 spiro atoms. The maximum atomic E-state index is 11.3. The van der Waals surface area contributed by atoms with Crippen LogP contribution < -0.4 is 0 Å². The number of hydrogen-bond donors (Lipinski definition) is 1. The number of rotatable bonds is 4. The van der Waals surface area contributed by atoms with Crippen LogP contribution in [0.4, 0.5) is 0 Å². The maximum absolute atomic E-state index is 11.3. The Hall–Kier alpha value is -1.37. The highest BCUT2D eigenvalue weighted by atomic mass is 32.2. The van der Waals surface area contributed by atoms with Gasteiger partial charge in [0.2, 0.25) is 0 Å². The van der Waals surface area contributed by atoms with Crippen molar-refractivity contribution in [3.8, 4) is 0 Å². The van der Waals surface area contributed by atoms with E-state index in [9.17, 15) is 8.42 Å². The highest BCUT2D eigenvalue weighted by Crippen LogP contribution is 2.26. The molecule has 0 fully saturated rings. The number of hydrogen-bond acceptors (Lipinski definition) is 5. The van der Waals surface area contributed by atoms with Crippen LogP contribution in [0.2, 0.25) is 0 Å². The molecule has 0 saturated heterocycles. The summed E-state index contributed by atoms with van der Waals surface area (Å²) in [5.74, 6) is 0. The molecule has 100 valence electrons. The van der Waals surface area contributed by atoms with Crippen LogP contribution in [0, 0.1) is 0 Å². The molecule has 19 heavy (non-hydrogen) atoms. The van der Waals surface area contributed by atoms with Crippen molar-refractivity contribution < 1.29 is 13.5 Å². The molecule has 1 aromatic heterocycles. The highest BCUT2D eigenvalue weighted by molar-refractivity contribution is 7.99. The molecule has 0 radical (unpaired) electrons. The number of aromatic nitrogens is 1. The van der Waals surface area contributed by atoms with Crippen molar-refractivity contribution in [1.82, 2.24) is 4.98 Å². The minimum Gasteiger partial charge on any atom is -0.392 e. The number of pyridine rings is 1. The molecule has 4 nitrogen and oxygen atoms in total. The first-order valence-electron chi connectivity index (χ1n) is 5.53. The van der Waals surface area contributed by atoms with Gasteiger partial charge in [-0.2, -0.15) is 0 Å². The van der Waals surface area contributed by atoms with Crippen molar-refractivity contribution in [1.29, 1.82) is 0 Å². The largest absolute Gasteiger partial charge is 0.392 e. The Morgan fingerprint density at radius 2 is 1.84 bits per heavy atom. The van der Waals surface area contributed by atoms with E-state index >= 15 is 0 Å². The molecular formula is C13H13NO3S2. The Bertz CT molecular complexity index is 649. The Balaban J connectivity index is 2.15. The van der Waals surface area contributed by atoms with Gasteiger partial charge in [0.1, 0.15) is 5.03 Å². The fraction of sp³-hybridized carbons (Fsp3) is 0.154. The molecule has 0 aliphatic carbocycles. The summed E-state index contributed by atoms with van der Waals surface area (Å²) in [5, 5.41) is 9.72. The van der Waals surface area contributed by atoms with E-state index in [1.807, 2.05) is 6.07 Å². The highest BCUT2D eigenvalue weighted by Gasteiger charge is 2.06. The summed E-state index contributed by atoms with van der Waals surface area (Å²) in [5.41, 5.74) is 0.761. The molecule has 2 rings (SSSR count). The normalized spacial score (nSPS) is 11.5. The van der Waals surface area contributed by atoms with Crippen molar-refractivity contribution in [3.05, 3.63) is 48.2 Å². The monoisotopic (exact) mass is 295 g/mol. The Morgan fingerprint density at radius 1 is 1.16 bits per heavy atom. The van der Waals surface area contributed by atoms with Gasteiger partial charge in [0.05, 0.1) is 11.5 Å². The van der Waals surface area contributed by atoms with Gasteiger partial charge in [-0.3, -0.25) is 0 Å². The third-order valence-electron chi connectivity index (χ3n) is 2.45.